The van der Waals surface area contributed by atoms with Crippen LogP contribution in [0.15, 0.2) is 30.3 Å². The number of hydrogen-bond donors (Lipinski definition) is 1. The molecule has 0 heterocycles. The van der Waals surface area contributed by atoms with Gasteiger partial charge in [0.25, 0.3) is 0 Å². The first kappa shape index (κ1) is 14.1. The fourth-order valence-electron chi connectivity index (χ4n) is 3.74. The smallest absolute Gasteiger partial charge is 0.323 e. The van der Waals surface area contributed by atoms with Crippen LogP contribution in [-0.2, 0) is 16.0 Å². The zero-order valence-corrected chi connectivity index (χ0v) is 12.1. The predicted molar refractivity (Wildman–Crippen MR) is 78.7 cm³/mol. The molecule has 0 saturated heterocycles. The molecule has 4 nitrogen and oxygen atoms in total. The third-order valence-corrected chi connectivity index (χ3v) is 4.84. The van der Waals surface area contributed by atoms with Crippen molar-refractivity contribution in [2.24, 2.45) is 17.8 Å². The van der Waals surface area contributed by atoms with Crippen molar-refractivity contribution >= 4 is 11.9 Å². The lowest BCUT2D eigenvalue weighted by Gasteiger charge is -2.21. The fourth-order valence-corrected chi connectivity index (χ4v) is 3.74. The molecule has 21 heavy (non-hydrogen) atoms. The average Bonchev–Trinajstić information content (AvgIpc) is 2.95. The Morgan fingerprint density at radius 1 is 1.14 bits per heavy atom. The van der Waals surface area contributed by atoms with E-state index in [1.165, 1.54) is 11.3 Å². The van der Waals surface area contributed by atoms with E-state index in [2.05, 4.69) is 0 Å². The summed E-state index contributed by atoms with van der Waals surface area (Å²) in [6.45, 7) is 0.312. The number of carboxylic acid groups (broad SMARTS) is 1. The maximum atomic E-state index is 12.5. The number of carbonyl (C=O) groups is 2. The average molecular weight is 287 g/mol. The van der Waals surface area contributed by atoms with Gasteiger partial charge in [-0.1, -0.05) is 36.8 Å². The van der Waals surface area contributed by atoms with Crippen LogP contribution in [0.4, 0.5) is 0 Å². The molecule has 2 aliphatic rings. The quantitative estimate of drug-likeness (QED) is 0.872. The number of amides is 1. The molecular formula is C17H21NO3. The van der Waals surface area contributed by atoms with Gasteiger partial charge in [0, 0.05) is 12.5 Å². The van der Waals surface area contributed by atoms with Crippen molar-refractivity contribution in [3.05, 3.63) is 35.9 Å². The summed E-state index contributed by atoms with van der Waals surface area (Å²) < 4.78 is 0. The number of nitrogens with zero attached hydrogens (tertiary/aromatic N) is 1. The molecule has 2 unspecified atom stereocenters. The van der Waals surface area contributed by atoms with Crippen LogP contribution in [0.5, 0.6) is 0 Å². The Bertz CT molecular complexity index is 518. The van der Waals surface area contributed by atoms with E-state index in [0.29, 0.717) is 24.8 Å². The maximum absolute atomic E-state index is 12.5. The highest BCUT2D eigenvalue weighted by atomic mass is 16.4. The molecule has 0 aromatic heterocycles. The highest BCUT2D eigenvalue weighted by Crippen LogP contribution is 2.58. The first-order chi connectivity index (χ1) is 10.2. The minimum atomic E-state index is -0.928. The Morgan fingerprint density at radius 3 is 2.43 bits per heavy atom. The van der Waals surface area contributed by atoms with E-state index in [0.717, 1.165) is 18.4 Å². The minimum Gasteiger partial charge on any atom is -0.480 e. The van der Waals surface area contributed by atoms with Gasteiger partial charge in [0.15, 0.2) is 0 Å². The zero-order valence-electron chi connectivity index (χ0n) is 12.1. The van der Waals surface area contributed by atoms with E-state index in [9.17, 15) is 9.59 Å². The van der Waals surface area contributed by atoms with E-state index in [4.69, 9.17) is 5.11 Å². The molecule has 2 aliphatic carbocycles. The summed E-state index contributed by atoms with van der Waals surface area (Å²) in [7, 11) is 0. The van der Waals surface area contributed by atoms with Crippen LogP contribution < -0.4 is 0 Å². The first-order valence-corrected chi connectivity index (χ1v) is 7.71. The molecule has 1 N–H and O–H groups in total. The Kier molecular flexibility index (Phi) is 3.95. The topological polar surface area (TPSA) is 57.6 Å². The summed E-state index contributed by atoms with van der Waals surface area (Å²) in [4.78, 5) is 25.1. The number of hydrogen-bond acceptors (Lipinski definition) is 2. The number of aliphatic carboxylic acids is 1. The second-order valence-corrected chi connectivity index (χ2v) is 6.17. The normalized spacial score (nSPS) is 26.2. The van der Waals surface area contributed by atoms with Crippen LogP contribution in [0.1, 0.15) is 24.8 Å². The molecule has 0 aliphatic heterocycles. The number of carboxylic acids is 1. The molecule has 1 aromatic carbocycles. The second kappa shape index (κ2) is 5.88. The van der Waals surface area contributed by atoms with Gasteiger partial charge in [-0.15, -0.1) is 0 Å². The van der Waals surface area contributed by atoms with Crippen molar-refractivity contribution in [3.8, 4) is 0 Å². The van der Waals surface area contributed by atoms with Crippen LogP contribution in [0.2, 0.25) is 0 Å². The molecule has 112 valence electrons. The number of carbonyl (C=O) groups excluding carboxylic acids is 1. The van der Waals surface area contributed by atoms with Gasteiger partial charge in [-0.2, -0.15) is 0 Å². The summed E-state index contributed by atoms with van der Waals surface area (Å²) in [5.41, 5.74) is 1.14. The van der Waals surface area contributed by atoms with Crippen molar-refractivity contribution in [1.82, 2.24) is 4.90 Å². The molecule has 2 saturated carbocycles. The van der Waals surface area contributed by atoms with Gasteiger partial charge >= 0.3 is 5.97 Å². The Hall–Kier alpha value is -1.84. The fraction of sp³-hybridized carbons (Fsp3) is 0.529. The van der Waals surface area contributed by atoms with Gasteiger partial charge in [-0.25, -0.2) is 0 Å². The molecule has 3 rings (SSSR count). The lowest BCUT2D eigenvalue weighted by molar-refractivity contribution is -0.145. The van der Waals surface area contributed by atoms with Gasteiger partial charge in [-0.05, 0) is 36.7 Å². The lowest BCUT2D eigenvalue weighted by atomic mass is 10.1. The summed E-state index contributed by atoms with van der Waals surface area (Å²) >= 11 is 0. The van der Waals surface area contributed by atoms with Crippen LogP contribution in [0, 0.1) is 17.8 Å². The molecule has 0 radical (unpaired) electrons. The minimum absolute atomic E-state index is 0.0584. The molecule has 0 bridgehead atoms. The Morgan fingerprint density at radius 2 is 1.81 bits per heavy atom. The largest absolute Gasteiger partial charge is 0.480 e. The second-order valence-electron chi connectivity index (χ2n) is 6.17. The van der Waals surface area contributed by atoms with Gasteiger partial charge in [0.05, 0.1) is 0 Å². The van der Waals surface area contributed by atoms with E-state index in [-0.39, 0.29) is 18.4 Å². The van der Waals surface area contributed by atoms with Crippen molar-refractivity contribution in [1.29, 1.82) is 0 Å². The molecule has 4 heteroatoms. The van der Waals surface area contributed by atoms with E-state index in [1.54, 1.807) is 0 Å². The zero-order chi connectivity index (χ0) is 14.8. The van der Waals surface area contributed by atoms with Crippen molar-refractivity contribution in [3.63, 3.8) is 0 Å². The Balaban J connectivity index is 1.61. The third kappa shape index (κ3) is 3.09. The molecule has 0 spiro atoms. The predicted octanol–water partition coefficient (Wildman–Crippen LogP) is 2.19. The summed E-state index contributed by atoms with van der Waals surface area (Å²) in [5.74, 6) is 0.301. The first-order valence-electron chi connectivity index (χ1n) is 7.71. The molecule has 2 atom stereocenters. The molecule has 1 aromatic rings. The number of rotatable bonds is 6. The SMILES string of the molecule is O=C(O)CN(CCc1ccccc1)C(=O)C1C2CCCC21. The van der Waals surface area contributed by atoms with Gasteiger partial charge in [0.1, 0.15) is 6.54 Å². The Labute approximate surface area is 124 Å². The standard InChI is InChI=1S/C17H21NO3/c19-15(20)11-18(10-9-12-5-2-1-3-6-12)17(21)16-13-7-4-8-14(13)16/h1-3,5-6,13-14,16H,4,7-11H2,(H,19,20). The van der Waals surface area contributed by atoms with Gasteiger partial charge in [0.2, 0.25) is 5.91 Å². The highest BCUT2D eigenvalue weighted by molar-refractivity contribution is 5.85. The number of benzene rings is 1. The number of fused-ring (bicyclic) bond motifs is 1. The van der Waals surface area contributed by atoms with E-state index >= 15 is 0 Å². The van der Waals surface area contributed by atoms with E-state index < -0.39 is 5.97 Å². The van der Waals surface area contributed by atoms with Crippen LogP contribution >= 0.6 is 0 Å². The molecule has 1 amide bonds. The van der Waals surface area contributed by atoms with Crippen LogP contribution in [0.25, 0.3) is 0 Å². The summed E-state index contributed by atoms with van der Waals surface area (Å²) in [6.07, 6.45) is 4.21. The van der Waals surface area contributed by atoms with Crippen LogP contribution in [-0.4, -0.2) is 35.0 Å². The summed E-state index contributed by atoms with van der Waals surface area (Å²) in [5, 5.41) is 9.04. The van der Waals surface area contributed by atoms with Gasteiger partial charge < -0.3 is 10.0 Å². The third-order valence-electron chi connectivity index (χ3n) is 4.84. The van der Waals surface area contributed by atoms with E-state index in [1.807, 2.05) is 30.3 Å². The van der Waals surface area contributed by atoms with Gasteiger partial charge in [-0.3, -0.25) is 9.59 Å². The van der Waals surface area contributed by atoms with Crippen molar-refractivity contribution in [2.45, 2.75) is 25.7 Å². The lowest BCUT2D eigenvalue weighted by Crippen LogP contribution is -2.39. The van der Waals surface area contributed by atoms with Crippen molar-refractivity contribution < 1.29 is 14.7 Å². The monoisotopic (exact) mass is 287 g/mol. The maximum Gasteiger partial charge on any atom is 0.323 e. The highest BCUT2D eigenvalue weighted by Gasteiger charge is 2.57. The van der Waals surface area contributed by atoms with Crippen molar-refractivity contribution in [2.75, 3.05) is 13.1 Å². The summed E-state index contributed by atoms with van der Waals surface area (Å²) in [6, 6.07) is 9.90. The van der Waals surface area contributed by atoms with Crippen LogP contribution in [0.3, 0.4) is 0 Å². The molecular weight excluding hydrogens is 266 g/mol. The molecule has 2 fully saturated rings.